The monoisotopic (exact) mass is 409 g/mol. The zero-order chi connectivity index (χ0) is 19.5. The van der Waals surface area contributed by atoms with Crippen LogP contribution in [0.5, 0.6) is 0 Å². The first kappa shape index (κ1) is 18.5. The van der Waals surface area contributed by atoms with Crippen LogP contribution in [-0.2, 0) is 6.42 Å². The fourth-order valence-corrected chi connectivity index (χ4v) is 4.04. The van der Waals surface area contributed by atoms with Gasteiger partial charge in [0.1, 0.15) is 11.1 Å². The second-order valence-electron chi connectivity index (χ2n) is 6.32. The van der Waals surface area contributed by atoms with Gasteiger partial charge in [0, 0.05) is 15.3 Å². The summed E-state index contributed by atoms with van der Waals surface area (Å²) >= 11 is 7.84. The maximum absolute atomic E-state index is 12.9. The Kier molecular flexibility index (Phi) is 5.28. The third kappa shape index (κ3) is 3.86. The summed E-state index contributed by atoms with van der Waals surface area (Å²) < 4.78 is 5.29. The Morgan fingerprint density at radius 2 is 1.86 bits per heavy atom. The van der Waals surface area contributed by atoms with E-state index >= 15 is 0 Å². The van der Waals surface area contributed by atoms with E-state index in [1.54, 1.807) is 35.6 Å². The number of rotatable bonds is 5. The van der Waals surface area contributed by atoms with Gasteiger partial charge >= 0.3 is 5.63 Å². The Labute approximate surface area is 170 Å². The minimum atomic E-state index is -0.654. The van der Waals surface area contributed by atoms with Crippen LogP contribution in [0.3, 0.4) is 0 Å². The van der Waals surface area contributed by atoms with Gasteiger partial charge in [-0.25, -0.2) is 4.79 Å². The molecule has 0 saturated heterocycles. The van der Waals surface area contributed by atoms with Gasteiger partial charge in [0.2, 0.25) is 0 Å². The van der Waals surface area contributed by atoms with Gasteiger partial charge in [-0.05, 0) is 41.6 Å². The molecule has 1 N–H and O–H groups in total. The van der Waals surface area contributed by atoms with Crippen LogP contribution in [0.4, 0.5) is 0 Å². The summed E-state index contributed by atoms with van der Waals surface area (Å²) in [5.41, 5.74) is 0.710. The summed E-state index contributed by atoms with van der Waals surface area (Å²) in [6.07, 6.45) is 0.519. The highest BCUT2D eigenvalue weighted by Gasteiger charge is 2.21. The zero-order valence-electron chi connectivity index (χ0n) is 14.7. The van der Waals surface area contributed by atoms with Crippen molar-refractivity contribution < 1.29 is 9.21 Å². The number of thiophene rings is 1. The van der Waals surface area contributed by atoms with Crippen LogP contribution in [0.2, 0.25) is 5.02 Å². The van der Waals surface area contributed by atoms with Crippen molar-refractivity contribution in [2.75, 3.05) is 0 Å². The number of hydrogen-bond acceptors (Lipinski definition) is 4. The number of benzene rings is 2. The third-order valence-electron chi connectivity index (χ3n) is 4.46. The molecule has 0 saturated carbocycles. The topological polar surface area (TPSA) is 59.3 Å². The molecule has 4 rings (SSSR count). The molecule has 0 aliphatic heterocycles. The molecule has 2 heterocycles. The number of amides is 1. The second kappa shape index (κ2) is 8.00. The second-order valence-corrected chi connectivity index (χ2v) is 7.71. The Bertz CT molecular complexity index is 1180. The lowest BCUT2D eigenvalue weighted by Crippen LogP contribution is -2.32. The number of halogens is 1. The fourth-order valence-electron chi connectivity index (χ4n) is 3.05. The van der Waals surface area contributed by atoms with Gasteiger partial charge < -0.3 is 9.73 Å². The average molecular weight is 410 g/mol. The van der Waals surface area contributed by atoms with Crippen LogP contribution < -0.4 is 10.9 Å². The molecule has 0 aliphatic rings. The molecule has 4 nitrogen and oxygen atoms in total. The van der Waals surface area contributed by atoms with E-state index in [0.717, 1.165) is 10.4 Å². The molecule has 6 heteroatoms. The van der Waals surface area contributed by atoms with Gasteiger partial charge in [0.05, 0.1) is 6.04 Å². The first-order chi connectivity index (χ1) is 13.6. The number of nitrogens with one attached hydrogen (secondary N) is 1. The van der Waals surface area contributed by atoms with Crippen LogP contribution in [0.1, 0.15) is 26.8 Å². The average Bonchev–Trinajstić information content (AvgIpc) is 3.23. The molecule has 0 radical (unpaired) electrons. The largest absolute Gasteiger partial charge is 0.422 e. The number of hydrogen-bond donors (Lipinski definition) is 1. The van der Waals surface area contributed by atoms with E-state index < -0.39 is 11.5 Å². The van der Waals surface area contributed by atoms with Crippen molar-refractivity contribution in [3.8, 4) is 0 Å². The molecular formula is C22H16ClNO3S. The molecule has 28 heavy (non-hydrogen) atoms. The van der Waals surface area contributed by atoms with E-state index in [1.807, 2.05) is 47.8 Å². The quantitative estimate of drug-likeness (QED) is 0.459. The molecule has 0 fully saturated rings. The van der Waals surface area contributed by atoms with Crippen LogP contribution in [0.15, 0.2) is 81.3 Å². The summed E-state index contributed by atoms with van der Waals surface area (Å²) in [7, 11) is 0. The molecule has 0 spiro atoms. The number of fused-ring (bicyclic) bond motifs is 1. The van der Waals surface area contributed by atoms with Gasteiger partial charge in [0.25, 0.3) is 5.91 Å². The van der Waals surface area contributed by atoms with Crippen molar-refractivity contribution in [2.45, 2.75) is 12.5 Å². The lowest BCUT2D eigenvalue weighted by Gasteiger charge is -2.18. The van der Waals surface area contributed by atoms with Crippen molar-refractivity contribution in [3.05, 3.63) is 104 Å². The molecule has 2 aromatic heterocycles. The molecule has 0 aliphatic carbocycles. The molecule has 1 atom stereocenters. The number of carbonyl (C=O) groups excluding carboxylic acids is 1. The Morgan fingerprint density at radius 3 is 2.64 bits per heavy atom. The predicted molar refractivity (Wildman–Crippen MR) is 112 cm³/mol. The molecule has 1 unspecified atom stereocenters. The summed E-state index contributed by atoms with van der Waals surface area (Å²) in [4.78, 5) is 26.2. The minimum Gasteiger partial charge on any atom is -0.422 e. The molecule has 4 aromatic rings. The van der Waals surface area contributed by atoms with E-state index in [9.17, 15) is 9.59 Å². The van der Waals surface area contributed by atoms with E-state index in [4.69, 9.17) is 16.0 Å². The van der Waals surface area contributed by atoms with Crippen LogP contribution in [0, 0.1) is 0 Å². The van der Waals surface area contributed by atoms with Gasteiger partial charge in [-0.3, -0.25) is 4.79 Å². The first-order valence-electron chi connectivity index (χ1n) is 8.72. The van der Waals surface area contributed by atoms with Crippen molar-refractivity contribution >= 4 is 39.8 Å². The van der Waals surface area contributed by atoms with Crippen LogP contribution >= 0.6 is 22.9 Å². The highest BCUT2D eigenvalue weighted by atomic mass is 35.5. The van der Waals surface area contributed by atoms with E-state index in [-0.39, 0.29) is 11.6 Å². The van der Waals surface area contributed by atoms with Crippen LogP contribution in [0.25, 0.3) is 11.0 Å². The molecular weight excluding hydrogens is 394 g/mol. The Morgan fingerprint density at radius 1 is 1.07 bits per heavy atom. The van der Waals surface area contributed by atoms with E-state index in [0.29, 0.717) is 22.4 Å². The predicted octanol–water partition coefficient (Wildman–Crippen LogP) is 5.22. The number of carbonyl (C=O) groups is 1. The normalized spacial score (nSPS) is 12.0. The van der Waals surface area contributed by atoms with Crippen LogP contribution in [-0.4, -0.2) is 5.91 Å². The Balaban J connectivity index is 1.65. The third-order valence-corrected chi connectivity index (χ3v) is 5.81. The lowest BCUT2D eigenvalue weighted by atomic mass is 10.0. The van der Waals surface area contributed by atoms with Gasteiger partial charge in [-0.1, -0.05) is 54.1 Å². The highest BCUT2D eigenvalue weighted by Crippen LogP contribution is 2.26. The minimum absolute atomic E-state index is 0.0144. The first-order valence-corrected chi connectivity index (χ1v) is 9.98. The van der Waals surface area contributed by atoms with Crippen molar-refractivity contribution in [2.24, 2.45) is 0 Å². The molecule has 1 amide bonds. The summed E-state index contributed by atoms with van der Waals surface area (Å²) in [6.45, 7) is 0. The molecule has 140 valence electrons. The Hall–Kier alpha value is -2.89. The van der Waals surface area contributed by atoms with Crippen molar-refractivity contribution in [3.63, 3.8) is 0 Å². The molecule has 0 bridgehead atoms. The molecule has 2 aromatic carbocycles. The SMILES string of the molecule is O=C(NC(Cc1ccccc1Cl)c1cccs1)c1cc2ccccc2oc1=O. The van der Waals surface area contributed by atoms with E-state index in [1.165, 1.54) is 0 Å². The smallest absolute Gasteiger partial charge is 0.349 e. The van der Waals surface area contributed by atoms with Gasteiger partial charge in [0.15, 0.2) is 0 Å². The number of para-hydroxylation sites is 1. The maximum atomic E-state index is 12.9. The summed E-state index contributed by atoms with van der Waals surface area (Å²) in [5.74, 6) is -0.468. The maximum Gasteiger partial charge on any atom is 0.349 e. The summed E-state index contributed by atoms with van der Waals surface area (Å²) in [6, 6.07) is 19.8. The summed E-state index contributed by atoms with van der Waals surface area (Å²) in [5, 5.41) is 6.26. The fraction of sp³-hybridized carbons (Fsp3) is 0.0909. The highest BCUT2D eigenvalue weighted by molar-refractivity contribution is 7.10. The van der Waals surface area contributed by atoms with Crippen molar-refractivity contribution in [1.29, 1.82) is 0 Å². The lowest BCUT2D eigenvalue weighted by molar-refractivity contribution is 0.0933. The van der Waals surface area contributed by atoms with Gasteiger partial charge in [-0.15, -0.1) is 11.3 Å². The standard InChI is InChI=1S/C22H16ClNO3S/c23-17-8-3-1-6-14(17)13-18(20-10-5-11-28-20)24-21(25)16-12-15-7-2-4-9-19(15)27-22(16)26/h1-12,18H,13H2,(H,24,25). The van der Waals surface area contributed by atoms with E-state index in [2.05, 4.69) is 5.32 Å². The van der Waals surface area contributed by atoms with Gasteiger partial charge in [-0.2, -0.15) is 0 Å². The zero-order valence-corrected chi connectivity index (χ0v) is 16.3. The van der Waals surface area contributed by atoms with Crippen molar-refractivity contribution in [1.82, 2.24) is 5.32 Å².